The van der Waals surface area contributed by atoms with Crippen molar-refractivity contribution in [2.45, 2.75) is 26.4 Å². The van der Waals surface area contributed by atoms with Gasteiger partial charge in [0.15, 0.2) is 6.04 Å². The Morgan fingerprint density at radius 3 is 2.55 bits per heavy atom. The third-order valence-corrected chi connectivity index (χ3v) is 4.07. The highest BCUT2D eigenvalue weighted by Gasteiger charge is 2.22. The van der Waals surface area contributed by atoms with Crippen molar-refractivity contribution in [2.75, 3.05) is 12.4 Å². The van der Waals surface area contributed by atoms with E-state index in [1.165, 1.54) is 0 Å². The number of rotatable bonds is 5. The minimum atomic E-state index is -0.142. The van der Waals surface area contributed by atoms with E-state index in [2.05, 4.69) is 5.32 Å². The summed E-state index contributed by atoms with van der Waals surface area (Å²) in [5.41, 5.74) is 3.14. The van der Waals surface area contributed by atoms with Crippen LogP contribution in [0.1, 0.15) is 18.1 Å². The first-order valence-electron chi connectivity index (χ1n) is 7.40. The zero-order valence-corrected chi connectivity index (χ0v) is 13.9. The highest BCUT2D eigenvalue weighted by Crippen LogP contribution is 2.10. The van der Waals surface area contributed by atoms with E-state index in [-0.39, 0.29) is 11.9 Å². The summed E-state index contributed by atoms with van der Waals surface area (Å²) in [6, 6.07) is 15.4. The van der Waals surface area contributed by atoms with Gasteiger partial charge in [0.25, 0.3) is 5.91 Å². The van der Waals surface area contributed by atoms with Crippen LogP contribution in [-0.4, -0.2) is 19.0 Å². The van der Waals surface area contributed by atoms with Crippen LogP contribution in [-0.2, 0) is 11.3 Å². The Bertz CT molecular complexity index is 640. The minimum absolute atomic E-state index is 0.0251. The summed E-state index contributed by atoms with van der Waals surface area (Å²) in [5.74, 6) is 0.0251. The Morgan fingerprint density at radius 1 is 1.23 bits per heavy atom. The molecular weight excluding hydrogens is 296 g/mol. The van der Waals surface area contributed by atoms with E-state index in [0.717, 1.165) is 33.3 Å². The number of anilines is 1. The van der Waals surface area contributed by atoms with Crippen molar-refractivity contribution in [3.05, 3.63) is 64.7 Å². The molecule has 0 aliphatic carbocycles. The molecule has 2 aromatic rings. The lowest BCUT2D eigenvalue weighted by atomic mass is 10.1. The molecule has 116 valence electrons. The minimum Gasteiger partial charge on any atom is -0.324 e. The van der Waals surface area contributed by atoms with E-state index in [0.29, 0.717) is 0 Å². The first kappa shape index (κ1) is 16.5. The zero-order valence-electron chi connectivity index (χ0n) is 13.2. The van der Waals surface area contributed by atoms with Gasteiger partial charge in [-0.15, -0.1) is 0 Å². The molecule has 2 aromatic carbocycles. The molecule has 1 unspecified atom stereocenters. The van der Waals surface area contributed by atoms with Crippen LogP contribution in [0.25, 0.3) is 0 Å². The zero-order chi connectivity index (χ0) is 16.1. The first-order valence-corrected chi connectivity index (χ1v) is 7.78. The summed E-state index contributed by atoms with van der Waals surface area (Å²) in [6.07, 6.45) is 0. The monoisotopic (exact) mass is 317 g/mol. The molecule has 0 bridgehead atoms. The number of hydrogen-bond donors (Lipinski definition) is 2. The van der Waals surface area contributed by atoms with Gasteiger partial charge in [-0.3, -0.25) is 4.79 Å². The van der Waals surface area contributed by atoms with Crippen LogP contribution in [0.15, 0.2) is 48.5 Å². The van der Waals surface area contributed by atoms with Gasteiger partial charge in [-0.25, -0.2) is 0 Å². The molecule has 2 N–H and O–H groups in total. The molecule has 0 aromatic heterocycles. The summed E-state index contributed by atoms with van der Waals surface area (Å²) in [7, 11) is 2.02. The van der Waals surface area contributed by atoms with Crippen LogP contribution >= 0.6 is 11.6 Å². The van der Waals surface area contributed by atoms with Gasteiger partial charge in [0.05, 0.1) is 7.05 Å². The predicted molar refractivity (Wildman–Crippen MR) is 91.3 cm³/mol. The summed E-state index contributed by atoms with van der Waals surface area (Å²) in [6.45, 7) is 4.73. The Kier molecular flexibility index (Phi) is 5.58. The predicted octanol–water partition coefficient (Wildman–Crippen LogP) is 2.69. The largest absolute Gasteiger partial charge is 0.324 e. The average Bonchev–Trinajstić information content (AvgIpc) is 2.48. The van der Waals surface area contributed by atoms with Crippen molar-refractivity contribution in [2.24, 2.45) is 0 Å². The standard InChI is InChI=1S/C18H21ClN2O/c1-13-5-4-6-17(11-13)20-18(22)14(2)21(3)12-15-7-9-16(19)10-8-15/h4-11,14H,12H2,1-3H3,(H,20,22)/p+1/t14-/m1/s1. The topological polar surface area (TPSA) is 33.5 Å². The Morgan fingerprint density at radius 2 is 1.91 bits per heavy atom. The summed E-state index contributed by atoms with van der Waals surface area (Å²) in [5, 5.41) is 3.71. The highest BCUT2D eigenvalue weighted by atomic mass is 35.5. The number of amides is 1. The maximum atomic E-state index is 12.4. The van der Waals surface area contributed by atoms with Crippen molar-refractivity contribution in [1.29, 1.82) is 0 Å². The molecule has 0 spiro atoms. The van der Waals surface area contributed by atoms with E-state index in [1.54, 1.807) is 0 Å². The number of nitrogens with one attached hydrogen (secondary N) is 2. The molecule has 0 heterocycles. The van der Waals surface area contributed by atoms with Gasteiger partial charge in [-0.05, 0) is 43.7 Å². The Hall–Kier alpha value is -1.84. The van der Waals surface area contributed by atoms with Crippen molar-refractivity contribution >= 4 is 23.2 Å². The molecule has 2 rings (SSSR count). The van der Waals surface area contributed by atoms with E-state index in [9.17, 15) is 4.79 Å². The maximum Gasteiger partial charge on any atom is 0.282 e. The van der Waals surface area contributed by atoms with Crippen LogP contribution in [0, 0.1) is 6.92 Å². The van der Waals surface area contributed by atoms with Crippen LogP contribution < -0.4 is 10.2 Å². The lowest BCUT2D eigenvalue weighted by Gasteiger charge is -2.21. The van der Waals surface area contributed by atoms with E-state index in [4.69, 9.17) is 11.6 Å². The lowest BCUT2D eigenvalue weighted by Crippen LogP contribution is -3.12. The number of aryl methyl sites for hydroxylation is 1. The van der Waals surface area contributed by atoms with Gasteiger partial charge >= 0.3 is 0 Å². The van der Waals surface area contributed by atoms with Gasteiger partial charge in [-0.2, -0.15) is 0 Å². The number of hydrogen-bond acceptors (Lipinski definition) is 1. The number of quaternary nitrogens is 1. The molecule has 0 saturated heterocycles. The third-order valence-electron chi connectivity index (χ3n) is 3.81. The van der Waals surface area contributed by atoms with Crippen molar-refractivity contribution in [1.82, 2.24) is 0 Å². The van der Waals surface area contributed by atoms with E-state index in [1.807, 2.05) is 69.4 Å². The van der Waals surface area contributed by atoms with Gasteiger partial charge < -0.3 is 10.2 Å². The van der Waals surface area contributed by atoms with Gasteiger partial charge in [0.1, 0.15) is 6.54 Å². The van der Waals surface area contributed by atoms with Crippen LogP contribution in [0.2, 0.25) is 5.02 Å². The fraction of sp³-hybridized carbons (Fsp3) is 0.278. The second-order valence-electron chi connectivity index (χ2n) is 5.73. The second-order valence-corrected chi connectivity index (χ2v) is 6.17. The van der Waals surface area contributed by atoms with Crippen LogP contribution in [0.4, 0.5) is 5.69 Å². The summed E-state index contributed by atoms with van der Waals surface area (Å²) >= 11 is 5.89. The second kappa shape index (κ2) is 7.43. The number of carbonyl (C=O) groups excluding carboxylic acids is 1. The fourth-order valence-corrected chi connectivity index (χ4v) is 2.40. The third kappa shape index (κ3) is 4.58. The smallest absolute Gasteiger partial charge is 0.282 e. The normalized spacial score (nSPS) is 13.5. The molecule has 0 fully saturated rings. The van der Waals surface area contributed by atoms with Crippen LogP contribution in [0.5, 0.6) is 0 Å². The van der Waals surface area contributed by atoms with Crippen molar-refractivity contribution in [3.63, 3.8) is 0 Å². The Balaban J connectivity index is 1.95. The molecular formula is C18H22ClN2O+. The lowest BCUT2D eigenvalue weighted by molar-refractivity contribution is -0.907. The van der Waals surface area contributed by atoms with E-state index < -0.39 is 0 Å². The molecule has 22 heavy (non-hydrogen) atoms. The number of carbonyl (C=O) groups is 1. The molecule has 0 aliphatic heterocycles. The SMILES string of the molecule is Cc1cccc(NC(=O)[C@@H](C)[NH+](C)Cc2ccc(Cl)cc2)c1. The molecule has 0 aliphatic rings. The van der Waals surface area contributed by atoms with Crippen LogP contribution in [0.3, 0.4) is 0 Å². The molecule has 1 amide bonds. The molecule has 3 nitrogen and oxygen atoms in total. The summed E-state index contributed by atoms with van der Waals surface area (Å²) < 4.78 is 0. The number of benzene rings is 2. The molecule has 2 atom stereocenters. The summed E-state index contributed by atoms with van der Waals surface area (Å²) in [4.78, 5) is 13.5. The number of likely N-dealkylation sites (N-methyl/N-ethyl adjacent to an activating group) is 1. The quantitative estimate of drug-likeness (QED) is 0.873. The highest BCUT2D eigenvalue weighted by molar-refractivity contribution is 6.30. The van der Waals surface area contributed by atoms with Crippen molar-refractivity contribution in [3.8, 4) is 0 Å². The van der Waals surface area contributed by atoms with Gasteiger partial charge in [0.2, 0.25) is 0 Å². The van der Waals surface area contributed by atoms with Gasteiger partial charge in [-0.1, -0.05) is 35.9 Å². The molecule has 0 saturated carbocycles. The Labute approximate surface area is 136 Å². The maximum absolute atomic E-state index is 12.4. The number of halogens is 1. The first-order chi connectivity index (χ1) is 10.5. The van der Waals surface area contributed by atoms with E-state index >= 15 is 0 Å². The fourth-order valence-electron chi connectivity index (χ4n) is 2.27. The molecule has 0 radical (unpaired) electrons. The average molecular weight is 318 g/mol. The van der Waals surface area contributed by atoms with Gasteiger partial charge in [0, 0.05) is 16.3 Å². The van der Waals surface area contributed by atoms with Crippen molar-refractivity contribution < 1.29 is 9.69 Å². The molecule has 4 heteroatoms.